The number of Topliss-reactive ketones (excluding diaryl/α,β-unsaturated/α-hetero) is 1. The van der Waals surface area contributed by atoms with E-state index in [4.69, 9.17) is 14.2 Å². The monoisotopic (exact) mass is 501 g/mol. The first-order valence-corrected chi connectivity index (χ1v) is 12.2. The van der Waals surface area contributed by atoms with Crippen LogP contribution in [0.5, 0.6) is 17.2 Å². The van der Waals surface area contributed by atoms with Gasteiger partial charge in [0.05, 0.1) is 31.4 Å². The Bertz CT molecular complexity index is 1340. The second-order valence-corrected chi connectivity index (χ2v) is 9.02. The lowest BCUT2D eigenvalue weighted by atomic mass is 9.93. The van der Waals surface area contributed by atoms with Crippen LogP contribution < -0.4 is 19.1 Å². The fraction of sp³-hybridized carbons (Fsp3) is 0.267. The van der Waals surface area contributed by atoms with Crippen LogP contribution in [0.25, 0.3) is 5.76 Å². The van der Waals surface area contributed by atoms with Gasteiger partial charge in [-0.1, -0.05) is 18.2 Å². The largest absolute Gasteiger partial charge is 0.507 e. The van der Waals surface area contributed by atoms with E-state index in [2.05, 4.69) is 0 Å². The van der Waals surface area contributed by atoms with Crippen molar-refractivity contribution in [3.05, 3.63) is 89.0 Å². The summed E-state index contributed by atoms with van der Waals surface area (Å²) in [5.74, 6) is 0.136. The molecule has 1 N–H and O–H groups in total. The summed E-state index contributed by atoms with van der Waals surface area (Å²) in [6.45, 7) is 8.01. The van der Waals surface area contributed by atoms with Gasteiger partial charge in [-0.25, -0.2) is 0 Å². The van der Waals surface area contributed by atoms with E-state index in [1.807, 2.05) is 39.8 Å². The summed E-state index contributed by atoms with van der Waals surface area (Å²) in [4.78, 5) is 28.3. The van der Waals surface area contributed by atoms with Crippen LogP contribution in [-0.4, -0.2) is 36.6 Å². The lowest BCUT2D eigenvalue weighted by Crippen LogP contribution is -2.29. The average Bonchev–Trinajstić information content (AvgIpc) is 3.14. The molecule has 37 heavy (non-hydrogen) atoms. The van der Waals surface area contributed by atoms with Gasteiger partial charge >= 0.3 is 0 Å². The van der Waals surface area contributed by atoms with E-state index in [1.165, 1.54) is 4.90 Å². The van der Waals surface area contributed by atoms with Gasteiger partial charge in [-0.2, -0.15) is 0 Å². The third kappa shape index (κ3) is 5.16. The number of aliphatic hydroxyl groups is 1. The summed E-state index contributed by atoms with van der Waals surface area (Å²) >= 11 is 0. The fourth-order valence-corrected chi connectivity index (χ4v) is 4.48. The summed E-state index contributed by atoms with van der Waals surface area (Å²) in [5, 5.41) is 11.5. The van der Waals surface area contributed by atoms with Gasteiger partial charge in [0.2, 0.25) is 0 Å². The van der Waals surface area contributed by atoms with E-state index in [9.17, 15) is 14.7 Å². The normalized spacial score (nSPS) is 16.8. The number of nitrogens with zero attached hydrogens (tertiary/aromatic N) is 1. The molecule has 0 aromatic heterocycles. The number of rotatable bonds is 8. The van der Waals surface area contributed by atoms with Crippen molar-refractivity contribution in [3.8, 4) is 17.2 Å². The molecule has 0 saturated carbocycles. The van der Waals surface area contributed by atoms with Crippen LogP contribution in [0.4, 0.5) is 5.69 Å². The maximum absolute atomic E-state index is 13.5. The van der Waals surface area contributed by atoms with E-state index >= 15 is 0 Å². The van der Waals surface area contributed by atoms with E-state index in [0.717, 1.165) is 0 Å². The van der Waals surface area contributed by atoms with Crippen molar-refractivity contribution in [3.63, 3.8) is 0 Å². The summed E-state index contributed by atoms with van der Waals surface area (Å²) < 4.78 is 16.7. The molecule has 0 bridgehead atoms. The van der Waals surface area contributed by atoms with Crippen molar-refractivity contribution in [1.82, 2.24) is 0 Å². The predicted molar refractivity (Wildman–Crippen MR) is 142 cm³/mol. The van der Waals surface area contributed by atoms with E-state index < -0.39 is 17.7 Å². The van der Waals surface area contributed by atoms with E-state index in [-0.39, 0.29) is 17.4 Å². The molecule has 7 nitrogen and oxygen atoms in total. The molecule has 3 aromatic carbocycles. The molecular formula is C30H31NO6. The number of anilines is 1. The first kappa shape index (κ1) is 25.8. The molecule has 1 atom stereocenters. The zero-order valence-electron chi connectivity index (χ0n) is 21.6. The minimum Gasteiger partial charge on any atom is -0.507 e. The SMILES string of the molecule is CCOc1cccc(N2C(=O)C(=O)/C(=C(\O)c3ccc(OC)cc3C)C2c2ccc(OC(C)C)cc2)c1. The zero-order chi connectivity index (χ0) is 26.7. The molecule has 1 heterocycles. The Labute approximate surface area is 216 Å². The molecule has 1 unspecified atom stereocenters. The minimum atomic E-state index is -0.855. The number of ketones is 1. The van der Waals surface area contributed by atoms with Crippen molar-refractivity contribution in [1.29, 1.82) is 0 Å². The molecule has 0 aliphatic carbocycles. The molecule has 0 radical (unpaired) electrons. The fourth-order valence-electron chi connectivity index (χ4n) is 4.48. The van der Waals surface area contributed by atoms with Crippen molar-refractivity contribution in [2.24, 2.45) is 0 Å². The molecule has 7 heteroatoms. The summed E-state index contributed by atoms with van der Waals surface area (Å²) in [6.07, 6.45) is -0.00385. The number of amides is 1. The molecule has 192 valence electrons. The second kappa shape index (κ2) is 10.8. The van der Waals surface area contributed by atoms with Crippen LogP contribution in [-0.2, 0) is 9.59 Å². The van der Waals surface area contributed by atoms with Crippen molar-refractivity contribution >= 4 is 23.1 Å². The number of carbonyl (C=O) groups is 2. The van der Waals surface area contributed by atoms with Crippen LogP contribution in [0.3, 0.4) is 0 Å². The van der Waals surface area contributed by atoms with Crippen LogP contribution in [0.15, 0.2) is 72.3 Å². The first-order valence-electron chi connectivity index (χ1n) is 12.2. The zero-order valence-corrected chi connectivity index (χ0v) is 21.6. The van der Waals surface area contributed by atoms with E-state index in [0.29, 0.717) is 46.2 Å². The van der Waals surface area contributed by atoms with Gasteiger partial charge in [-0.15, -0.1) is 0 Å². The number of hydrogen-bond donors (Lipinski definition) is 1. The number of ether oxygens (including phenoxy) is 3. The maximum Gasteiger partial charge on any atom is 0.300 e. The van der Waals surface area contributed by atoms with E-state index in [1.54, 1.807) is 61.7 Å². The van der Waals surface area contributed by atoms with Crippen molar-refractivity contribution < 1.29 is 28.9 Å². The number of methoxy groups -OCH3 is 1. The number of aryl methyl sites for hydroxylation is 1. The highest BCUT2D eigenvalue weighted by Gasteiger charge is 2.47. The molecule has 1 aliphatic heterocycles. The Kier molecular flexibility index (Phi) is 7.53. The Morgan fingerprint density at radius 3 is 2.30 bits per heavy atom. The Morgan fingerprint density at radius 2 is 1.68 bits per heavy atom. The van der Waals surface area contributed by atoms with Crippen LogP contribution >= 0.6 is 0 Å². The quantitative estimate of drug-likeness (QED) is 0.238. The Morgan fingerprint density at radius 1 is 0.973 bits per heavy atom. The van der Waals surface area contributed by atoms with Gasteiger partial charge in [-0.05, 0) is 81.3 Å². The third-order valence-corrected chi connectivity index (χ3v) is 6.11. The van der Waals surface area contributed by atoms with Gasteiger partial charge in [-0.3, -0.25) is 14.5 Å². The van der Waals surface area contributed by atoms with Gasteiger partial charge < -0.3 is 19.3 Å². The summed E-state index contributed by atoms with van der Waals surface area (Å²) in [5.41, 5.74) is 2.32. The summed E-state index contributed by atoms with van der Waals surface area (Å²) in [6, 6.07) is 18.5. The molecular weight excluding hydrogens is 470 g/mol. The lowest BCUT2D eigenvalue weighted by Gasteiger charge is -2.26. The topological polar surface area (TPSA) is 85.3 Å². The smallest absolute Gasteiger partial charge is 0.300 e. The summed E-state index contributed by atoms with van der Waals surface area (Å²) in [7, 11) is 1.56. The van der Waals surface area contributed by atoms with Crippen molar-refractivity contribution in [2.45, 2.75) is 39.8 Å². The molecule has 0 spiro atoms. The lowest BCUT2D eigenvalue weighted by molar-refractivity contribution is -0.132. The van der Waals surface area contributed by atoms with Gasteiger partial charge in [0, 0.05) is 17.3 Å². The van der Waals surface area contributed by atoms with Gasteiger partial charge in [0.15, 0.2) is 0 Å². The highest BCUT2D eigenvalue weighted by Crippen LogP contribution is 2.43. The average molecular weight is 502 g/mol. The maximum atomic E-state index is 13.5. The number of aliphatic hydroxyl groups excluding tert-OH is 1. The van der Waals surface area contributed by atoms with Crippen LogP contribution in [0, 0.1) is 6.92 Å². The van der Waals surface area contributed by atoms with Crippen LogP contribution in [0.1, 0.15) is 43.5 Å². The third-order valence-electron chi connectivity index (χ3n) is 6.11. The molecule has 1 saturated heterocycles. The number of hydrogen-bond acceptors (Lipinski definition) is 6. The first-order chi connectivity index (χ1) is 17.7. The van der Waals surface area contributed by atoms with Crippen molar-refractivity contribution in [2.75, 3.05) is 18.6 Å². The number of benzene rings is 3. The molecule has 1 aliphatic rings. The highest BCUT2D eigenvalue weighted by molar-refractivity contribution is 6.51. The minimum absolute atomic E-state index is 0.00385. The Hall–Kier alpha value is -4.26. The molecule has 4 rings (SSSR count). The molecule has 1 fully saturated rings. The Balaban J connectivity index is 1.90. The molecule has 3 aromatic rings. The highest BCUT2D eigenvalue weighted by atomic mass is 16.5. The second-order valence-electron chi connectivity index (χ2n) is 9.02. The standard InChI is InChI=1S/C30H31NO6/c1-6-36-24-9-7-8-21(17-24)31-27(20-10-12-22(13-11-20)37-18(2)3)26(29(33)30(31)34)28(32)25-15-14-23(35-5)16-19(25)4/h7-18,27,32H,6H2,1-5H3/b28-26-. The van der Waals surface area contributed by atoms with Crippen LogP contribution in [0.2, 0.25) is 0 Å². The molecule has 1 amide bonds. The predicted octanol–water partition coefficient (Wildman–Crippen LogP) is 5.82. The van der Waals surface area contributed by atoms with Gasteiger partial charge in [0.1, 0.15) is 23.0 Å². The van der Waals surface area contributed by atoms with Gasteiger partial charge in [0.25, 0.3) is 11.7 Å². The number of carbonyl (C=O) groups excluding carboxylic acids is 2.